The lowest BCUT2D eigenvalue weighted by Crippen LogP contribution is -2.34. The lowest BCUT2D eigenvalue weighted by molar-refractivity contribution is 0.0949. The Labute approximate surface area is 272 Å². The van der Waals surface area contributed by atoms with Gasteiger partial charge in [0.2, 0.25) is 0 Å². The maximum Gasteiger partial charge on any atom is 0.349 e. The van der Waals surface area contributed by atoms with Crippen molar-refractivity contribution in [3.63, 3.8) is 0 Å². The van der Waals surface area contributed by atoms with Gasteiger partial charge in [0, 0.05) is 36.3 Å². The van der Waals surface area contributed by atoms with Gasteiger partial charge in [0.15, 0.2) is 0 Å². The van der Waals surface area contributed by atoms with E-state index in [1.165, 1.54) is 27.2 Å². The van der Waals surface area contributed by atoms with Gasteiger partial charge in [-0.2, -0.15) is 0 Å². The predicted molar refractivity (Wildman–Crippen MR) is 192 cm³/mol. The minimum Gasteiger partial charge on any atom is -0.422 e. The first kappa shape index (κ1) is 30.4. The third kappa shape index (κ3) is 5.89. The number of nitrogens with one attached hydrogen (secondary N) is 1. The summed E-state index contributed by atoms with van der Waals surface area (Å²) >= 11 is 0. The molecule has 2 aliphatic heterocycles. The Balaban J connectivity index is 0.997. The van der Waals surface area contributed by atoms with Crippen LogP contribution in [0.25, 0.3) is 11.0 Å². The smallest absolute Gasteiger partial charge is 0.349 e. The molecular weight excluding hydrogens is 587 g/mol. The van der Waals surface area contributed by atoms with E-state index in [2.05, 4.69) is 107 Å². The zero-order valence-corrected chi connectivity index (χ0v) is 27.3. The fraction of sp³-hybridized carbons (Fsp3) is 0.300. The standard InChI is InChI=1S/C40H41N2O3P/c43-39(36-29-31-28-30-16-14-25-42-26-15-23-35(37(30)42)38(31)45-40(36)44)41-24-12-1-2-13-27-46(32-17-6-3-7-18-32,33-19-8-4-9-20-33)34-21-10-5-11-22-34/h3-11,17-22,28-29H,1-2,12-16,23-27H2/p+1. The van der Waals surface area contributed by atoms with Gasteiger partial charge < -0.3 is 14.6 Å². The second kappa shape index (κ2) is 13.6. The summed E-state index contributed by atoms with van der Waals surface area (Å²) in [5, 5.41) is 8.10. The van der Waals surface area contributed by atoms with Crippen molar-refractivity contribution in [1.29, 1.82) is 0 Å². The molecule has 0 radical (unpaired) electrons. The molecule has 1 N–H and O–H groups in total. The average molecular weight is 630 g/mol. The van der Waals surface area contributed by atoms with Crippen molar-refractivity contribution in [1.82, 2.24) is 5.32 Å². The van der Waals surface area contributed by atoms with Crippen molar-refractivity contribution in [2.45, 2.75) is 51.4 Å². The third-order valence-corrected chi connectivity index (χ3v) is 14.3. The van der Waals surface area contributed by atoms with Crippen LogP contribution in [-0.4, -0.2) is 31.7 Å². The Morgan fingerprint density at radius 1 is 0.739 bits per heavy atom. The van der Waals surface area contributed by atoms with E-state index in [1.807, 2.05) is 0 Å². The average Bonchev–Trinajstić information content (AvgIpc) is 3.11. The molecule has 0 bridgehead atoms. The number of nitrogens with zero attached hydrogens (tertiary/aromatic N) is 1. The van der Waals surface area contributed by atoms with Gasteiger partial charge in [-0.1, -0.05) is 61.0 Å². The normalized spacial score (nSPS) is 14.2. The first-order chi connectivity index (χ1) is 22.6. The van der Waals surface area contributed by atoms with Gasteiger partial charge in [0.1, 0.15) is 34.3 Å². The summed E-state index contributed by atoms with van der Waals surface area (Å²) in [6, 6.07) is 36.9. The number of rotatable bonds is 11. The molecule has 4 aromatic carbocycles. The maximum atomic E-state index is 13.1. The summed E-state index contributed by atoms with van der Waals surface area (Å²) in [4.78, 5) is 28.6. The van der Waals surface area contributed by atoms with Crippen LogP contribution in [0.5, 0.6) is 0 Å². The van der Waals surface area contributed by atoms with Crippen LogP contribution in [0.1, 0.15) is 60.0 Å². The minimum absolute atomic E-state index is 0.103. The Morgan fingerprint density at radius 2 is 1.33 bits per heavy atom. The highest BCUT2D eigenvalue weighted by Gasteiger charge is 2.44. The number of benzene rings is 4. The summed E-state index contributed by atoms with van der Waals surface area (Å²) in [5.74, 6) is -0.342. The molecule has 1 aromatic heterocycles. The zero-order valence-electron chi connectivity index (χ0n) is 26.4. The van der Waals surface area contributed by atoms with Gasteiger partial charge in [-0.3, -0.25) is 4.79 Å². The number of carbonyl (C=O) groups is 1. The van der Waals surface area contributed by atoms with E-state index < -0.39 is 12.9 Å². The van der Waals surface area contributed by atoms with Crippen molar-refractivity contribution in [3.05, 3.63) is 130 Å². The molecule has 0 fully saturated rings. The Bertz CT molecular complexity index is 1770. The number of carbonyl (C=O) groups excluding carboxylic acids is 1. The number of fused-ring (bicyclic) bond motifs is 2. The van der Waals surface area contributed by atoms with Crippen LogP contribution in [0.15, 0.2) is 112 Å². The molecule has 2 aliphatic rings. The molecule has 234 valence electrons. The molecule has 0 atom stereocenters. The summed E-state index contributed by atoms with van der Waals surface area (Å²) < 4.78 is 5.84. The largest absolute Gasteiger partial charge is 0.422 e. The molecule has 46 heavy (non-hydrogen) atoms. The van der Waals surface area contributed by atoms with Crippen LogP contribution >= 0.6 is 7.26 Å². The number of amides is 1. The van der Waals surface area contributed by atoms with Crippen LogP contribution in [0.3, 0.4) is 0 Å². The van der Waals surface area contributed by atoms with Crippen molar-refractivity contribution >= 4 is 45.7 Å². The maximum absolute atomic E-state index is 13.1. The van der Waals surface area contributed by atoms with E-state index in [4.69, 9.17) is 4.42 Å². The van der Waals surface area contributed by atoms with Gasteiger partial charge in [-0.05, 0) is 99.0 Å². The molecule has 0 aliphatic carbocycles. The molecule has 0 saturated heterocycles. The molecule has 0 spiro atoms. The fourth-order valence-electron chi connectivity index (χ4n) is 7.61. The monoisotopic (exact) mass is 629 g/mol. The Kier molecular flexibility index (Phi) is 9.03. The van der Waals surface area contributed by atoms with E-state index in [1.54, 1.807) is 6.07 Å². The van der Waals surface area contributed by atoms with Gasteiger partial charge in [-0.25, -0.2) is 4.79 Å². The van der Waals surface area contributed by atoms with Gasteiger partial charge in [0.05, 0.1) is 6.16 Å². The van der Waals surface area contributed by atoms with Crippen molar-refractivity contribution in [2.75, 3.05) is 30.7 Å². The third-order valence-electron chi connectivity index (χ3n) is 9.76. The highest BCUT2D eigenvalue weighted by atomic mass is 31.2. The summed E-state index contributed by atoms with van der Waals surface area (Å²) in [7, 11) is -1.82. The van der Waals surface area contributed by atoms with Crippen molar-refractivity contribution in [3.8, 4) is 0 Å². The van der Waals surface area contributed by atoms with E-state index in [9.17, 15) is 9.59 Å². The summed E-state index contributed by atoms with van der Waals surface area (Å²) in [5.41, 5.74) is 3.93. The lowest BCUT2D eigenvalue weighted by Gasteiger charge is -2.37. The van der Waals surface area contributed by atoms with Crippen molar-refractivity contribution < 1.29 is 9.21 Å². The predicted octanol–water partition coefficient (Wildman–Crippen LogP) is 6.78. The molecule has 0 unspecified atom stereocenters. The van der Waals surface area contributed by atoms with Gasteiger partial charge in [-0.15, -0.1) is 0 Å². The summed E-state index contributed by atoms with van der Waals surface area (Å²) in [6.45, 7) is 2.66. The highest BCUT2D eigenvalue weighted by molar-refractivity contribution is 7.95. The molecule has 0 saturated carbocycles. The number of anilines is 1. The van der Waals surface area contributed by atoms with Crippen molar-refractivity contribution in [2.24, 2.45) is 0 Å². The van der Waals surface area contributed by atoms with E-state index in [0.29, 0.717) is 12.1 Å². The number of hydrogen-bond acceptors (Lipinski definition) is 4. The van der Waals surface area contributed by atoms with Crippen LogP contribution < -0.4 is 31.8 Å². The first-order valence-corrected chi connectivity index (χ1v) is 18.8. The molecule has 1 amide bonds. The lowest BCUT2D eigenvalue weighted by atomic mass is 9.90. The second-order valence-corrected chi connectivity index (χ2v) is 16.2. The molecular formula is C40H42N2O3P+. The van der Waals surface area contributed by atoms with E-state index in [-0.39, 0.29) is 11.5 Å². The molecule has 7 rings (SSSR count). The van der Waals surface area contributed by atoms with Gasteiger partial charge >= 0.3 is 5.63 Å². The number of aryl methyl sites for hydroxylation is 2. The summed E-state index contributed by atoms with van der Waals surface area (Å²) in [6.07, 6.45) is 9.28. The molecule has 5 nitrogen and oxygen atoms in total. The first-order valence-electron chi connectivity index (χ1n) is 16.9. The minimum atomic E-state index is -1.82. The Hall–Kier alpha value is -4.21. The number of unbranched alkanes of at least 4 members (excludes halogenated alkanes) is 3. The van der Waals surface area contributed by atoms with E-state index in [0.717, 1.165) is 81.6 Å². The molecule has 5 aromatic rings. The van der Waals surface area contributed by atoms with Gasteiger partial charge in [0.25, 0.3) is 5.91 Å². The molecule has 6 heteroatoms. The van der Waals surface area contributed by atoms with Crippen LogP contribution in [-0.2, 0) is 12.8 Å². The topological polar surface area (TPSA) is 62.6 Å². The fourth-order valence-corrected chi connectivity index (χ4v) is 12.0. The Morgan fingerprint density at radius 3 is 1.96 bits per heavy atom. The van der Waals surface area contributed by atoms with Crippen LogP contribution in [0.2, 0.25) is 0 Å². The van der Waals surface area contributed by atoms with Crippen LogP contribution in [0.4, 0.5) is 5.69 Å². The van der Waals surface area contributed by atoms with Crippen LogP contribution in [0, 0.1) is 0 Å². The number of hydrogen-bond donors (Lipinski definition) is 1. The SMILES string of the molecule is O=C(NCCCCCC[P+](c1ccccc1)(c1ccccc1)c1ccccc1)c1cc2cc3c4c(c2oc1=O)CCCN4CCC3. The highest BCUT2D eigenvalue weighted by Crippen LogP contribution is 2.56. The zero-order chi connectivity index (χ0) is 31.3. The second-order valence-electron chi connectivity index (χ2n) is 12.6. The quantitative estimate of drug-likeness (QED) is 0.0995. The van der Waals surface area contributed by atoms with E-state index >= 15 is 0 Å². The molecule has 3 heterocycles.